The van der Waals surface area contributed by atoms with Crippen molar-refractivity contribution in [1.29, 1.82) is 0 Å². The van der Waals surface area contributed by atoms with Crippen LogP contribution in [0.5, 0.6) is 0 Å². The highest BCUT2D eigenvalue weighted by Crippen LogP contribution is 2.24. The van der Waals surface area contributed by atoms with Gasteiger partial charge >= 0.3 is 0 Å². The molecule has 7 heteroatoms. The molecule has 1 aromatic carbocycles. The van der Waals surface area contributed by atoms with Crippen LogP contribution >= 0.6 is 11.3 Å². The molecule has 0 radical (unpaired) electrons. The number of nitrogens with two attached hydrogens (primary N) is 1. The van der Waals surface area contributed by atoms with Gasteiger partial charge in [0.15, 0.2) is 5.13 Å². The maximum atomic E-state index is 11.8. The van der Waals surface area contributed by atoms with Crippen LogP contribution in [0.1, 0.15) is 10.4 Å². The number of nitrogen functional groups attached to an aromatic ring is 1. The van der Waals surface area contributed by atoms with Crippen LogP contribution in [-0.2, 0) is 4.79 Å². The first-order valence-electron chi connectivity index (χ1n) is 5.25. The molecule has 1 aromatic heterocycles. The first-order valence-corrected chi connectivity index (χ1v) is 6.06. The molecule has 18 heavy (non-hydrogen) atoms. The highest BCUT2D eigenvalue weighted by Gasteiger charge is 2.09. The fourth-order valence-electron chi connectivity index (χ4n) is 1.43. The number of thiazole rings is 1. The third kappa shape index (κ3) is 2.57. The highest BCUT2D eigenvalue weighted by molar-refractivity contribution is 7.22. The normalized spacial score (nSPS) is 10.3. The third-order valence-corrected chi connectivity index (χ3v) is 3.20. The van der Waals surface area contributed by atoms with Gasteiger partial charge in [0.25, 0.3) is 5.91 Å². The summed E-state index contributed by atoms with van der Waals surface area (Å²) >= 11 is 1.32. The third-order valence-electron chi connectivity index (χ3n) is 2.36. The number of hydrogen-bond donors (Lipinski definition) is 3. The average Bonchev–Trinajstić information content (AvgIpc) is 2.74. The lowest BCUT2D eigenvalue weighted by atomic mass is 10.2. The molecule has 0 aliphatic rings. The predicted molar refractivity (Wildman–Crippen MR) is 70.4 cm³/mol. The number of hydrogen-bond acceptors (Lipinski definition) is 5. The number of nitrogens with one attached hydrogen (secondary N) is 2. The summed E-state index contributed by atoms with van der Waals surface area (Å²) in [5, 5.41) is 5.42. The van der Waals surface area contributed by atoms with Gasteiger partial charge in [-0.15, -0.1) is 0 Å². The first-order chi connectivity index (χ1) is 8.60. The monoisotopic (exact) mass is 264 g/mol. The van der Waals surface area contributed by atoms with Crippen molar-refractivity contribution in [2.24, 2.45) is 0 Å². The van der Waals surface area contributed by atoms with Gasteiger partial charge < -0.3 is 16.4 Å². The number of carbonyl (C=O) groups excluding carboxylic acids is 2. The summed E-state index contributed by atoms with van der Waals surface area (Å²) in [7, 11) is 1.51. The number of likely N-dealkylation sites (N-methyl/N-ethyl adjacent to an activating group) is 1. The van der Waals surface area contributed by atoms with Gasteiger partial charge in [-0.05, 0) is 18.2 Å². The number of benzene rings is 1. The van der Waals surface area contributed by atoms with E-state index in [1.807, 2.05) is 0 Å². The van der Waals surface area contributed by atoms with Gasteiger partial charge in [0, 0.05) is 12.6 Å². The minimum absolute atomic E-state index is 0.0435. The predicted octanol–water partition coefficient (Wildman–Crippen LogP) is 0.354. The van der Waals surface area contributed by atoms with Crippen LogP contribution in [0.25, 0.3) is 10.2 Å². The summed E-state index contributed by atoms with van der Waals surface area (Å²) < 4.78 is 0.847. The van der Waals surface area contributed by atoms with Crippen molar-refractivity contribution < 1.29 is 9.59 Å². The topological polar surface area (TPSA) is 97.1 Å². The van der Waals surface area contributed by atoms with Crippen LogP contribution in [0.15, 0.2) is 18.2 Å². The second-order valence-electron chi connectivity index (χ2n) is 3.59. The second kappa shape index (κ2) is 5.01. The van der Waals surface area contributed by atoms with Gasteiger partial charge in [0.05, 0.1) is 16.8 Å². The van der Waals surface area contributed by atoms with Crippen LogP contribution in [0.2, 0.25) is 0 Å². The number of carbonyl (C=O) groups is 2. The highest BCUT2D eigenvalue weighted by atomic mass is 32.1. The van der Waals surface area contributed by atoms with E-state index in [0.29, 0.717) is 10.7 Å². The number of rotatable bonds is 3. The average molecular weight is 264 g/mol. The Bertz CT molecular complexity index is 608. The van der Waals surface area contributed by atoms with Crippen molar-refractivity contribution in [2.45, 2.75) is 0 Å². The molecule has 0 atom stereocenters. The Hall–Kier alpha value is -2.15. The van der Waals surface area contributed by atoms with E-state index in [4.69, 9.17) is 5.73 Å². The summed E-state index contributed by atoms with van der Waals surface area (Å²) in [6.07, 6.45) is 0. The van der Waals surface area contributed by atoms with E-state index in [2.05, 4.69) is 15.6 Å². The molecular formula is C11H12N4O2S. The van der Waals surface area contributed by atoms with Gasteiger partial charge in [0.1, 0.15) is 0 Å². The molecule has 0 unspecified atom stereocenters. The van der Waals surface area contributed by atoms with Gasteiger partial charge in [-0.25, -0.2) is 4.98 Å². The minimum Gasteiger partial charge on any atom is -0.375 e. The smallest absolute Gasteiger partial charge is 0.251 e. The zero-order chi connectivity index (χ0) is 13.1. The second-order valence-corrected chi connectivity index (χ2v) is 4.65. The lowest BCUT2D eigenvalue weighted by molar-refractivity contribution is -0.119. The van der Waals surface area contributed by atoms with Crippen molar-refractivity contribution >= 4 is 38.5 Å². The van der Waals surface area contributed by atoms with Crippen LogP contribution in [-0.4, -0.2) is 30.4 Å². The van der Waals surface area contributed by atoms with Crippen LogP contribution in [0.3, 0.4) is 0 Å². The van der Waals surface area contributed by atoms with E-state index in [-0.39, 0.29) is 18.4 Å². The summed E-state index contributed by atoms with van der Waals surface area (Å²) in [5.41, 5.74) is 6.83. The van der Waals surface area contributed by atoms with Crippen molar-refractivity contribution in [2.75, 3.05) is 19.3 Å². The Morgan fingerprint density at radius 2 is 2.22 bits per heavy atom. The van der Waals surface area contributed by atoms with E-state index in [1.165, 1.54) is 18.4 Å². The van der Waals surface area contributed by atoms with E-state index in [1.54, 1.807) is 18.2 Å². The zero-order valence-corrected chi connectivity index (χ0v) is 10.5. The molecule has 0 spiro atoms. The molecule has 2 rings (SSSR count). The number of fused-ring (bicyclic) bond motifs is 1. The lowest BCUT2D eigenvalue weighted by Crippen LogP contribution is -2.35. The number of aromatic nitrogens is 1. The molecule has 2 amide bonds. The number of nitrogens with zero attached hydrogens (tertiary/aromatic N) is 1. The summed E-state index contributed by atoms with van der Waals surface area (Å²) in [6.45, 7) is -0.0435. The Kier molecular flexibility index (Phi) is 3.42. The van der Waals surface area contributed by atoms with Crippen molar-refractivity contribution in [3.63, 3.8) is 0 Å². The Morgan fingerprint density at radius 3 is 2.94 bits per heavy atom. The molecular weight excluding hydrogens is 252 g/mol. The fourth-order valence-corrected chi connectivity index (χ4v) is 2.21. The molecule has 0 aliphatic heterocycles. The molecule has 2 aromatic rings. The van der Waals surface area contributed by atoms with Crippen LogP contribution in [0, 0.1) is 0 Å². The SMILES string of the molecule is CNC(=O)CNC(=O)c1ccc2nc(N)sc2c1. The van der Waals surface area contributed by atoms with Gasteiger partial charge in [-0.2, -0.15) is 0 Å². The van der Waals surface area contributed by atoms with E-state index in [0.717, 1.165) is 10.2 Å². The van der Waals surface area contributed by atoms with Crippen molar-refractivity contribution in [3.05, 3.63) is 23.8 Å². The van der Waals surface area contributed by atoms with Gasteiger partial charge in [-0.1, -0.05) is 11.3 Å². The molecule has 0 saturated heterocycles. The fraction of sp³-hybridized carbons (Fsp3) is 0.182. The lowest BCUT2D eigenvalue weighted by Gasteiger charge is -2.03. The Morgan fingerprint density at radius 1 is 1.44 bits per heavy atom. The van der Waals surface area contributed by atoms with Gasteiger partial charge in [-0.3, -0.25) is 9.59 Å². The van der Waals surface area contributed by atoms with E-state index >= 15 is 0 Å². The molecule has 0 saturated carbocycles. The zero-order valence-electron chi connectivity index (χ0n) is 9.69. The number of anilines is 1. The Balaban J connectivity index is 2.15. The van der Waals surface area contributed by atoms with E-state index < -0.39 is 0 Å². The molecule has 94 valence electrons. The summed E-state index contributed by atoms with van der Waals surface area (Å²) in [4.78, 5) is 26.9. The summed E-state index contributed by atoms with van der Waals surface area (Å²) in [6, 6.07) is 5.10. The van der Waals surface area contributed by atoms with Crippen LogP contribution < -0.4 is 16.4 Å². The maximum Gasteiger partial charge on any atom is 0.251 e. The standard InChI is InChI=1S/C11H12N4O2S/c1-13-9(16)5-14-10(17)6-2-3-7-8(4-6)18-11(12)15-7/h2-4H,5H2,1H3,(H2,12,15)(H,13,16)(H,14,17). The molecule has 0 aliphatic carbocycles. The summed E-state index contributed by atoms with van der Waals surface area (Å²) in [5.74, 6) is -0.543. The largest absolute Gasteiger partial charge is 0.375 e. The minimum atomic E-state index is -0.299. The molecule has 0 bridgehead atoms. The molecule has 0 fully saturated rings. The number of amides is 2. The van der Waals surface area contributed by atoms with Crippen LogP contribution in [0.4, 0.5) is 5.13 Å². The van der Waals surface area contributed by atoms with Crippen molar-refractivity contribution in [1.82, 2.24) is 15.6 Å². The first kappa shape index (κ1) is 12.3. The Labute approximate surface area is 107 Å². The van der Waals surface area contributed by atoms with E-state index in [9.17, 15) is 9.59 Å². The van der Waals surface area contributed by atoms with Gasteiger partial charge in [0.2, 0.25) is 5.91 Å². The quantitative estimate of drug-likeness (QED) is 0.745. The maximum absolute atomic E-state index is 11.8. The molecule has 6 nitrogen and oxygen atoms in total. The molecule has 4 N–H and O–H groups in total. The van der Waals surface area contributed by atoms with Crippen molar-refractivity contribution in [3.8, 4) is 0 Å². The molecule has 1 heterocycles.